The van der Waals surface area contributed by atoms with Crippen molar-refractivity contribution in [3.05, 3.63) is 12.3 Å². The Morgan fingerprint density at radius 3 is 1.64 bits per heavy atom. The van der Waals surface area contributed by atoms with Crippen molar-refractivity contribution in [2.24, 2.45) is 0 Å². The molecular formula is C22H47NO4P+. The van der Waals surface area contributed by atoms with Gasteiger partial charge >= 0.3 is 7.82 Å². The molecule has 0 aromatic heterocycles. The van der Waals surface area contributed by atoms with E-state index in [1.807, 2.05) is 14.1 Å². The highest BCUT2D eigenvalue weighted by atomic mass is 31.2. The smallest absolute Gasteiger partial charge is 0.303 e. The second-order valence-corrected chi connectivity index (χ2v) is 9.84. The van der Waals surface area contributed by atoms with Crippen LogP contribution < -0.4 is 0 Å². The quantitative estimate of drug-likeness (QED) is 0.133. The van der Waals surface area contributed by atoms with Gasteiger partial charge in [-0.2, -0.15) is 0 Å². The van der Waals surface area contributed by atoms with E-state index in [1.165, 1.54) is 89.9 Å². The third kappa shape index (κ3) is 22.1. The molecule has 0 aliphatic rings. The fraction of sp³-hybridized carbons (Fsp3) is 0.909. The zero-order valence-electron chi connectivity index (χ0n) is 18.8. The molecule has 0 aliphatic heterocycles. The highest BCUT2D eigenvalue weighted by Crippen LogP contribution is 2.35. The fourth-order valence-electron chi connectivity index (χ4n) is 3.29. The van der Waals surface area contributed by atoms with Gasteiger partial charge in [-0.1, -0.05) is 90.4 Å². The summed E-state index contributed by atoms with van der Waals surface area (Å²) in [7, 11) is -0.341. The van der Waals surface area contributed by atoms with Crippen LogP contribution in [0.2, 0.25) is 0 Å². The maximum absolute atomic E-state index is 10.7. The van der Waals surface area contributed by atoms with Gasteiger partial charge in [0.1, 0.15) is 13.2 Å². The molecule has 5 nitrogen and oxygen atoms in total. The van der Waals surface area contributed by atoms with E-state index < -0.39 is 7.82 Å². The first-order valence-electron chi connectivity index (χ1n) is 11.5. The first-order valence-corrected chi connectivity index (χ1v) is 13.0. The van der Waals surface area contributed by atoms with Gasteiger partial charge in [-0.15, -0.1) is 0 Å². The van der Waals surface area contributed by atoms with Gasteiger partial charge in [0, 0.05) is 0 Å². The van der Waals surface area contributed by atoms with Gasteiger partial charge in [0.15, 0.2) is 0 Å². The molecule has 0 aliphatic carbocycles. The molecule has 0 aromatic rings. The molecule has 0 amide bonds. The topological polar surface area (TPSA) is 66.8 Å². The van der Waals surface area contributed by atoms with E-state index in [2.05, 4.69) is 23.7 Å². The summed E-state index contributed by atoms with van der Waals surface area (Å²) in [6.45, 7) is 2.87. The SMILES string of the molecule is CCCCCCCCCCCCCCCC/C=C/[N+](C)(C)CCOP(=O)(O)O. The Labute approximate surface area is 174 Å². The van der Waals surface area contributed by atoms with Crippen LogP contribution >= 0.6 is 7.82 Å². The lowest BCUT2D eigenvalue weighted by atomic mass is 10.0. The van der Waals surface area contributed by atoms with Gasteiger partial charge in [-0.3, -0.25) is 4.52 Å². The van der Waals surface area contributed by atoms with Crippen LogP contribution in [0.25, 0.3) is 0 Å². The predicted octanol–water partition coefficient (Wildman–Crippen LogP) is 6.56. The molecule has 0 fully saturated rings. The summed E-state index contributed by atoms with van der Waals surface area (Å²) < 4.78 is 15.8. The van der Waals surface area contributed by atoms with Gasteiger partial charge in [0.25, 0.3) is 0 Å². The Hall–Kier alpha value is -0.190. The Morgan fingerprint density at radius 2 is 1.21 bits per heavy atom. The van der Waals surface area contributed by atoms with Gasteiger partial charge in [-0.05, 0) is 18.9 Å². The largest absolute Gasteiger partial charge is 0.469 e. The predicted molar refractivity (Wildman–Crippen MR) is 119 cm³/mol. The number of quaternary nitrogens is 1. The molecule has 0 saturated carbocycles. The van der Waals surface area contributed by atoms with Gasteiger partial charge in [-0.25, -0.2) is 4.57 Å². The Bertz CT molecular complexity index is 421. The lowest BCUT2D eigenvalue weighted by molar-refractivity contribution is -0.839. The van der Waals surface area contributed by atoms with Crippen LogP contribution in [-0.4, -0.2) is 41.5 Å². The highest BCUT2D eigenvalue weighted by molar-refractivity contribution is 7.46. The van der Waals surface area contributed by atoms with Crippen LogP contribution in [0.5, 0.6) is 0 Å². The number of phosphoric ester groups is 1. The lowest BCUT2D eigenvalue weighted by Gasteiger charge is -2.24. The number of phosphoric acid groups is 1. The summed E-state index contributed by atoms with van der Waals surface area (Å²) in [5.74, 6) is 0. The molecule has 0 unspecified atom stereocenters. The van der Waals surface area contributed by atoms with Crippen LogP contribution in [0.15, 0.2) is 12.3 Å². The number of allylic oxidation sites excluding steroid dienone is 1. The number of hydrogen-bond acceptors (Lipinski definition) is 2. The summed E-state index contributed by atoms with van der Waals surface area (Å²) >= 11 is 0. The molecule has 0 rings (SSSR count). The third-order valence-corrected chi connectivity index (χ3v) is 5.68. The zero-order chi connectivity index (χ0) is 21.1. The van der Waals surface area contributed by atoms with Crippen LogP contribution in [0.3, 0.4) is 0 Å². The van der Waals surface area contributed by atoms with Crippen molar-refractivity contribution in [3.63, 3.8) is 0 Å². The number of likely N-dealkylation sites (N-methyl/N-ethyl adjacent to an activating group) is 1. The maximum atomic E-state index is 10.7. The molecule has 6 heteroatoms. The molecule has 0 bridgehead atoms. The fourth-order valence-corrected chi connectivity index (χ4v) is 3.61. The number of nitrogens with zero attached hydrogens (tertiary/aromatic N) is 1. The van der Waals surface area contributed by atoms with E-state index >= 15 is 0 Å². The van der Waals surface area contributed by atoms with Crippen LogP contribution in [0.1, 0.15) is 103 Å². The van der Waals surface area contributed by atoms with Crippen molar-refractivity contribution in [2.75, 3.05) is 27.2 Å². The minimum absolute atomic E-state index is 0.0560. The minimum atomic E-state index is -4.35. The zero-order valence-corrected chi connectivity index (χ0v) is 19.7. The number of rotatable bonds is 20. The van der Waals surface area contributed by atoms with Crippen molar-refractivity contribution in [3.8, 4) is 0 Å². The van der Waals surface area contributed by atoms with E-state index in [-0.39, 0.29) is 6.61 Å². The second-order valence-electron chi connectivity index (χ2n) is 8.60. The summed E-state index contributed by atoms with van der Waals surface area (Å²) in [6, 6.07) is 0. The van der Waals surface area contributed by atoms with Crippen LogP contribution in [0, 0.1) is 0 Å². The molecule has 0 spiro atoms. The first kappa shape index (κ1) is 27.8. The monoisotopic (exact) mass is 420 g/mol. The van der Waals surface area contributed by atoms with Crippen molar-refractivity contribution in [1.29, 1.82) is 0 Å². The van der Waals surface area contributed by atoms with Gasteiger partial charge in [0.2, 0.25) is 0 Å². The summed E-state index contributed by atoms with van der Waals surface area (Å²) in [5, 5.41) is 0. The summed E-state index contributed by atoms with van der Waals surface area (Å²) in [5.41, 5.74) is 0. The van der Waals surface area contributed by atoms with E-state index in [0.717, 1.165) is 6.42 Å². The molecule has 2 N–H and O–H groups in total. The molecule has 28 heavy (non-hydrogen) atoms. The molecule has 0 radical (unpaired) electrons. The second kappa shape index (κ2) is 17.7. The summed E-state index contributed by atoms with van der Waals surface area (Å²) in [4.78, 5) is 17.4. The van der Waals surface area contributed by atoms with E-state index in [0.29, 0.717) is 11.0 Å². The van der Waals surface area contributed by atoms with E-state index in [4.69, 9.17) is 9.79 Å². The number of unbranched alkanes of at least 4 members (excludes halogenated alkanes) is 14. The van der Waals surface area contributed by atoms with Crippen molar-refractivity contribution >= 4 is 7.82 Å². The van der Waals surface area contributed by atoms with Gasteiger partial charge in [0.05, 0.1) is 20.3 Å². The Morgan fingerprint density at radius 1 is 0.786 bits per heavy atom. The minimum Gasteiger partial charge on any atom is -0.303 e. The first-order chi connectivity index (χ1) is 13.3. The normalized spacial score (nSPS) is 12.9. The number of hydrogen-bond donors (Lipinski definition) is 2. The molecule has 168 valence electrons. The average molecular weight is 421 g/mol. The molecule has 0 aromatic carbocycles. The van der Waals surface area contributed by atoms with Gasteiger partial charge < -0.3 is 14.3 Å². The maximum Gasteiger partial charge on any atom is 0.469 e. The average Bonchev–Trinajstić information content (AvgIpc) is 2.60. The highest BCUT2D eigenvalue weighted by Gasteiger charge is 2.17. The van der Waals surface area contributed by atoms with E-state index in [9.17, 15) is 4.57 Å². The van der Waals surface area contributed by atoms with Crippen molar-refractivity contribution < 1.29 is 23.4 Å². The Balaban J connectivity index is 3.40. The van der Waals surface area contributed by atoms with Crippen molar-refractivity contribution in [2.45, 2.75) is 103 Å². The lowest BCUT2D eigenvalue weighted by Crippen LogP contribution is -2.36. The molecule has 0 heterocycles. The van der Waals surface area contributed by atoms with Crippen LogP contribution in [-0.2, 0) is 9.09 Å². The standard InChI is InChI=1S/C22H46NO4P/c1-4-5-6-7-8-9-10-11-12-13-14-15-16-17-18-19-20-23(2,3)21-22-27-28(24,25)26/h19-20H,4-18,21-22H2,1-3H3,(H-,24,25,26)/p+1/b20-19+. The third-order valence-electron chi connectivity index (χ3n) is 5.16. The Kier molecular flexibility index (Phi) is 17.5. The molecular weight excluding hydrogens is 373 g/mol. The molecule has 0 atom stereocenters. The molecule has 0 saturated heterocycles. The summed E-state index contributed by atoms with van der Waals surface area (Å²) in [6.07, 6.45) is 24.6. The van der Waals surface area contributed by atoms with Crippen molar-refractivity contribution in [1.82, 2.24) is 0 Å². The van der Waals surface area contributed by atoms with E-state index in [1.54, 1.807) is 0 Å². The van der Waals surface area contributed by atoms with Crippen LogP contribution in [0.4, 0.5) is 0 Å².